The number of rotatable bonds is 10. The molecule has 1 aromatic rings. The first-order valence-corrected chi connectivity index (χ1v) is 7.76. The first kappa shape index (κ1) is 17.1. The highest BCUT2D eigenvalue weighted by Gasteiger charge is 2.07. The first-order chi connectivity index (χ1) is 9.63. The quantitative estimate of drug-likeness (QED) is 0.528. The Morgan fingerprint density at radius 3 is 2.40 bits per heavy atom. The smallest absolute Gasteiger partial charge is 0.161 e. The number of ether oxygens (including phenoxy) is 2. The van der Waals surface area contributed by atoms with Crippen LogP contribution < -0.4 is 14.8 Å². The normalized spacial score (nSPS) is 12.4. The lowest BCUT2D eigenvalue weighted by molar-refractivity contribution is 0.275. The largest absolute Gasteiger partial charge is 0.490 e. The molecule has 0 saturated heterocycles. The number of hydrogen-bond donors (Lipinski definition) is 1. The molecule has 0 amide bonds. The van der Waals surface area contributed by atoms with Gasteiger partial charge in [0.05, 0.1) is 6.61 Å². The molecule has 1 unspecified atom stereocenters. The zero-order valence-electron chi connectivity index (χ0n) is 12.7. The number of benzene rings is 1. The molecule has 0 aromatic heterocycles. The lowest BCUT2D eigenvalue weighted by Crippen LogP contribution is -2.28. The molecule has 0 radical (unpaired) electrons. The van der Waals surface area contributed by atoms with Gasteiger partial charge in [-0.3, -0.25) is 0 Å². The van der Waals surface area contributed by atoms with Crippen LogP contribution in [0.4, 0.5) is 0 Å². The Morgan fingerprint density at radius 1 is 1.15 bits per heavy atom. The monoisotopic (exact) mass is 299 g/mol. The predicted molar refractivity (Wildman–Crippen MR) is 85.1 cm³/mol. The Morgan fingerprint density at radius 2 is 1.80 bits per heavy atom. The number of hydrogen-bond acceptors (Lipinski definition) is 3. The van der Waals surface area contributed by atoms with Crippen LogP contribution >= 0.6 is 11.6 Å². The maximum Gasteiger partial charge on any atom is 0.161 e. The molecule has 0 spiro atoms. The van der Waals surface area contributed by atoms with Crippen LogP contribution in [-0.2, 0) is 0 Å². The van der Waals surface area contributed by atoms with Crippen molar-refractivity contribution in [2.45, 2.75) is 32.6 Å². The van der Waals surface area contributed by atoms with Crippen LogP contribution in [-0.4, -0.2) is 31.7 Å². The third kappa shape index (κ3) is 7.01. The molecule has 114 valence electrons. The van der Waals surface area contributed by atoms with Gasteiger partial charge >= 0.3 is 0 Å². The zero-order chi connectivity index (χ0) is 14.8. The standard InChI is InChI=1S/C16H26ClNO2/c1-4-19-15-7-5-6-8-16(15)20-10-9-18-12-14(17)11-13(2)3/h5-8,13-14,18H,4,9-12H2,1-3H3. The molecule has 1 rings (SSSR count). The van der Waals surface area contributed by atoms with Crippen LogP contribution in [0.2, 0.25) is 0 Å². The molecule has 4 heteroatoms. The Balaban J connectivity index is 2.21. The molecular formula is C16H26ClNO2. The van der Waals surface area contributed by atoms with Crippen molar-refractivity contribution >= 4 is 11.6 Å². The second-order valence-corrected chi connectivity index (χ2v) is 5.78. The zero-order valence-corrected chi connectivity index (χ0v) is 13.5. The summed E-state index contributed by atoms with van der Waals surface area (Å²) in [5.41, 5.74) is 0. The van der Waals surface area contributed by atoms with Gasteiger partial charge in [-0.15, -0.1) is 11.6 Å². The van der Waals surface area contributed by atoms with E-state index in [-0.39, 0.29) is 5.38 Å². The number of halogens is 1. The van der Waals surface area contributed by atoms with E-state index < -0.39 is 0 Å². The fraction of sp³-hybridized carbons (Fsp3) is 0.625. The van der Waals surface area contributed by atoms with Crippen LogP contribution in [0.15, 0.2) is 24.3 Å². The van der Waals surface area contributed by atoms with Crippen molar-refractivity contribution in [1.29, 1.82) is 0 Å². The van der Waals surface area contributed by atoms with E-state index >= 15 is 0 Å². The predicted octanol–water partition coefficient (Wildman–Crippen LogP) is 3.71. The molecule has 0 aliphatic heterocycles. The van der Waals surface area contributed by atoms with Crippen molar-refractivity contribution in [2.24, 2.45) is 5.92 Å². The number of para-hydroxylation sites is 2. The minimum atomic E-state index is 0.186. The van der Waals surface area contributed by atoms with Crippen molar-refractivity contribution in [2.75, 3.05) is 26.3 Å². The van der Waals surface area contributed by atoms with Gasteiger partial charge in [-0.05, 0) is 31.4 Å². The molecule has 1 aromatic carbocycles. The van der Waals surface area contributed by atoms with Crippen LogP contribution in [0.25, 0.3) is 0 Å². The summed E-state index contributed by atoms with van der Waals surface area (Å²) in [6.07, 6.45) is 1.03. The van der Waals surface area contributed by atoms with E-state index in [1.54, 1.807) is 0 Å². The van der Waals surface area contributed by atoms with Crippen LogP contribution in [0, 0.1) is 5.92 Å². The topological polar surface area (TPSA) is 30.5 Å². The summed E-state index contributed by atoms with van der Waals surface area (Å²) in [5.74, 6) is 2.22. The molecule has 1 atom stereocenters. The van der Waals surface area contributed by atoms with Crippen LogP contribution in [0.1, 0.15) is 27.2 Å². The van der Waals surface area contributed by atoms with Gasteiger partial charge in [-0.25, -0.2) is 0 Å². The third-order valence-electron chi connectivity index (χ3n) is 2.78. The Kier molecular flexibility index (Phi) is 8.47. The summed E-state index contributed by atoms with van der Waals surface area (Å²) in [5, 5.41) is 3.50. The van der Waals surface area contributed by atoms with Gasteiger partial charge in [0, 0.05) is 18.5 Å². The molecule has 0 heterocycles. The SMILES string of the molecule is CCOc1ccccc1OCCNCC(Cl)CC(C)C. The van der Waals surface area contributed by atoms with Crippen molar-refractivity contribution in [1.82, 2.24) is 5.32 Å². The highest BCUT2D eigenvalue weighted by molar-refractivity contribution is 6.20. The lowest BCUT2D eigenvalue weighted by atomic mass is 10.1. The van der Waals surface area contributed by atoms with E-state index in [4.69, 9.17) is 21.1 Å². The highest BCUT2D eigenvalue weighted by atomic mass is 35.5. The second kappa shape index (κ2) is 9.89. The summed E-state index contributed by atoms with van der Waals surface area (Å²) < 4.78 is 11.2. The van der Waals surface area contributed by atoms with Crippen LogP contribution in [0.5, 0.6) is 11.5 Å². The summed E-state index contributed by atoms with van der Waals surface area (Å²) in [6.45, 7) is 9.18. The van der Waals surface area contributed by atoms with Gasteiger partial charge in [0.25, 0.3) is 0 Å². The molecule has 3 nitrogen and oxygen atoms in total. The maximum absolute atomic E-state index is 6.21. The Bertz CT molecular complexity index is 371. The molecule has 1 N–H and O–H groups in total. The van der Waals surface area contributed by atoms with Gasteiger partial charge in [0.2, 0.25) is 0 Å². The van der Waals surface area contributed by atoms with Crippen molar-refractivity contribution in [3.05, 3.63) is 24.3 Å². The van der Waals surface area contributed by atoms with E-state index in [1.165, 1.54) is 0 Å². The van der Waals surface area contributed by atoms with Gasteiger partial charge in [0.15, 0.2) is 11.5 Å². The van der Waals surface area contributed by atoms with E-state index in [1.807, 2.05) is 31.2 Å². The number of nitrogens with one attached hydrogen (secondary N) is 1. The summed E-state index contributed by atoms with van der Waals surface area (Å²) in [4.78, 5) is 0. The van der Waals surface area contributed by atoms with Gasteiger partial charge in [-0.1, -0.05) is 26.0 Å². The lowest BCUT2D eigenvalue weighted by Gasteiger charge is -2.14. The van der Waals surface area contributed by atoms with Crippen molar-refractivity contribution in [3.63, 3.8) is 0 Å². The average molecular weight is 300 g/mol. The van der Waals surface area contributed by atoms with E-state index in [0.29, 0.717) is 19.1 Å². The molecular weight excluding hydrogens is 274 g/mol. The van der Waals surface area contributed by atoms with Crippen molar-refractivity contribution in [3.8, 4) is 11.5 Å². The summed E-state index contributed by atoms with van der Waals surface area (Å²) in [6, 6.07) is 7.74. The van der Waals surface area contributed by atoms with E-state index in [2.05, 4.69) is 19.2 Å². The molecule has 0 bridgehead atoms. The maximum atomic E-state index is 6.21. The fourth-order valence-electron chi connectivity index (χ4n) is 1.93. The van der Waals surface area contributed by atoms with Crippen LogP contribution in [0.3, 0.4) is 0 Å². The molecule has 20 heavy (non-hydrogen) atoms. The minimum absolute atomic E-state index is 0.186. The van der Waals surface area contributed by atoms with Gasteiger partial charge in [-0.2, -0.15) is 0 Å². The van der Waals surface area contributed by atoms with Gasteiger partial charge in [0.1, 0.15) is 6.61 Å². The average Bonchev–Trinajstić information content (AvgIpc) is 2.39. The Hall–Kier alpha value is -0.930. The molecule has 0 saturated carbocycles. The van der Waals surface area contributed by atoms with E-state index in [9.17, 15) is 0 Å². The highest BCUT2D eigenvalue weighted by Crippen LogP contribution is 2.25. The summed E-state index contributed by atoms with van der Waals surface area (Å²) >= 11 is 6.21. The second-order valence-electron chi connectivity index (χ2n) is 5.16. The third-order valence-corrected chi connectivity index (χ3v) is 3.11. The Labute approximate surface area is 127 Å². The number of alkyl halides is 1. The molecule has 0 aliphatic rings. The fourth-order valence-corrected chi connectivity index (χ4v) is 2.40. The first-order valence-electron chi connectivity index (χ1n) is 7.32. The van der Waals surface area contributed by atoms with Crippen molar-refractivity contribution < 1.29 is 9.47 Å². The van der Waals surface area contributed by atoms with E-state index in [0.717, 1.165) is 31.0 Å². The summed E-state index contributed by atoms with van der Waals surface area (Å²) in [7, 11) is 0. The van der Waals surface area contributed by atoms with Gasteiger partial charge < -0.3 is 14.8 Å². The minimum Gasteiger partial charge on any atom is -0.490 e. The molecule has 0 fully saturated rings. The molecule has 0 aliphatic carbocycles.